The molecule has 2 aromatic carbocycles. The zero-order chi connectivity index (χ0) is 22.1. The molecule has 0 fully saturated rings. The van der Waals surface area contributed by atoms with E-state index in [4.69, 9.17) is 23.7 Å². The molecular weight excluding hydrogens is 390 g/mol. The second-order valence-corrected chi connectivity index (χ2v) is 6.29. The number of carbonyl (C=O) groups is 2. The van der Waals surface area contributed by atoms with Gasteiger partial charge in [-0.3, -0.25) is 9.59 Å². The number of rotatable bonds is 10. The number of nitrogens with one attached hydrogen (secondary N) is 1. The van der Waals surface area contributed by atoms with Gasteiger partial charge in [-0.1, -0.05) is 0 Å². The Labute approximate surface area is 176 Å². The lowest BCUT2D eigenvalue weighted by molar-refractivity contribution is -0.152. The van der Waals surface area contributed by atoms with Crippen LogP contribution in [0.25, 0.3) is 0 Å². The number of anilines is 1. The van der Waals surface area contributed by atoms with Crippen LogP contribution in [-0.4, -0.2) is 45.9 Å². The maximum absolute atomic E-state index is 12.3. The molecule has 8 nitrogen and oxygen atoms in total. The third kappa shape index (κ3) is 6.04. The molecule has 1 unspecified atom stereocenters. The minimum absolute atomic E-state index is 0.0581. The number of hydrogen-bond acceptors (Lipinski definition) is 7. The van der Waals surface area contributed by atoms with E-state index in [0.717, 1.165) is 0 Å². The van der Waals surface area contributed by atoms with Gasteiger partial charge in [0.05, 0.1) is 34.4 Å². The minimum atomic E-state index is -0.967. The van der Waals surface area contributed by atoms with Crippen molar-refractivity contribution in [3.8, 4) is 23.0 Å². The largest absolute Gasteiger partial charge is 0.494 e. The number of ether oxygens (including phenoxy) is 5. The van der Waals surface area contributed by atoms with Gasteiger partial charge in [-0.05, 0) is 55.8 Å². The molecule has 162 valence electrons. The maximum Gasteiger partial charge on any atom is 0.311 e. The van der Waals surface area contributed by atoms with Crippen molar-refractivity contribution < 1.29 is 33.3 Å². The van der Waals surface area contributed by atoms with Crippen LogP contribution in [0.15, 0.2) is 36.4 Å². The van der Waals surface area contributed by atoms with Crippen molar-refractivity contribution in [3.63, 3.8) is 0 Å². The lowest BCUT2D eigenvalue weighted by Crippen LogP contribution is -2.30. The molecule has 2 aromatic rings. The molecule has 0 aromatic heterocycles. The van der Waals surface area contributed by atoms with Crippen LogP contribution in [0.3, 0.4) is 0 Å². The van der Waals surface area contributed by atoms with Crippen LogP contribution < -0.4 is 24.3 Å². The van der Waals surface area contributed by atoms with E-state index >= 15 is 0 Å². The lowest BCUT2D eigenvalue weighted by Gasteiger charge is -2.16. The summed E-state index contributed by atoms with van der Waals surface area (Å²) in [6.07, 6.45) is -1.02. The van der Waals surface area contributed by atoms with Gasteiger partial charge >= 0.3 is 5.97 Å². The van der Waals surface area contributed by atoms with Crippen LogP contribution in [0, 0.1) is 0 Å². The number of esters is 1. The van der Waals surface area contributed by atoms with Crippen molar-refractivity contribution >= 4 is 17.6 Å². The summed E-state index contributed by atoms with van der Waals surface area (Å²) in [6.45, 7) is 3.96. The highest BCUT2D eigenvalue weighted by atomic mass is 16.5. The first kappa shape index (κ1) is 22.9. The molecule has 0 spiro atoms. The fourth-order valence-electron chi connectivity index (χ4n) is 2.74. The molecule has 2 rings (SSSR count). The lowest BCUT2D eigenvalue weighted by atomic mass is 10.1. The zero-order valence-electron chi connectivity index (χ0n) is 17.8. The Hall–Kier alpha value is -3.42. The summed E-state index contributed by atoms with van der Waals surface area (Å²) >= 11 is 0. The van der Waals surface area contributed by atoms with Crippen molar-refractivity contribution in [3.05, 3.63) is 42.0 Å². The van der Waals surface area contributed by atoms with Gasteiger partial charge in [0.25, 0.3) is 5.91 Å². The second kappa shape index (κ2) is 10.9. The SMILES string of the molecule is CCOc1ccc(NC(=O)C(C)OC(=O)Cc2cc(OC)c(OC)c(OC)c2)cc1. The highest BCUT2D eigenvalue weighted by Gasteiger charge is 2.20. The number of methoxy groups -OCH3 is 3. The summed E-state index contributed by atoms with van der Waals surface area (Å²) in [5.74, 6) is 1.01. The standard InChI is InChI=1S/C22H27NO7/c1-6-29-17-9-7-16(8-10-17)23-22(25)14(2)30-20(24)13-15-11-18(26-3)21(28-5)19(12-15)27-4/h7-12,14H,6,13H2,1-5H3,(H,23,25). The van der Waals surface area contributed by atoms with E-state index in [1.807, 2.05) is 6.92 Å². The molecule has 30 heavy (non-hydrogen) atoms. The molecule has 1 amide bonds. The summed E-state index contributed by atoms with van der Waals surface area (Å²) in [5, 5.41) is 2.70. The summed E-state index contributed by atoms with van der Waals surface area (Å²) in [4.78, 5) is 24.6. The van der Waals surface area contributed by atoms with Crippen molar-refractivity contribution in [2.75, 3.05) is 33.3 Å². The van der Waals surface area contributed by atoms with E-state index in [2.05, 4.69) is 5.32 Å². The van der Waals surface area contributed by atoms with Crippen molar-refractivity contribution in [2.24, 2.45) is 0 Å². The second-order valence-electron chi connectivity index (χ2n) is 6.29. The topological polar surface area (TPSA) is 92.3 Å². The predicted molar refractivity (Wildman–Crippen MR) is 112 cm³/mol. The quantitative estimate of drug-likeness (QED) is 0.594. The van der Waals surface area contributed by atoms with E-state index in [1.54, 1.807) is 36.4 Å². The Morgan fingerprint density at radius 1 is 0.967 bits per heavy atom. The average molecular weight is 417 g/mol. The van der Waals surface area contributed by atoms with E-state index in [9.17, 15) is 9.59 Å². The van der Waals surface area contributed by atoms with Crippen LogP contribution in [0.5, 0.6) is 23.0 Å². The summed E-state index contributed by atoms with van der Waals surface area (Å²) in [6, 6.07) is 10.3. The first-order valence-corrected chi connectivity index (χ1v) is 9.43. The number of hydrogen-bond donors (Lipinski definition) is 1. The highest BCUT2D eigenvalue weighted by Crippen LogP contribution is 2.38. The smallest absolute Gasteiger partial charge is 0.311 e. The van der Waals surface area contributed by atoms with Gasteiger partial charge in [0.1, 0.15) is 5.75 Å². The number of amides is 1. The summed E-state index contributed by atoms with van der Waals surface area (Å²) < 4.78 is 26.5. The Kier molecular flexibility index (Phi) is 8.34. The van der Waals surface area contributed by atoms with Gasteiger partial charge in [-0.2, -0.15) is 0 Å². The normalized spacial score (nSPS) is 11.2. The van der Waals surface area contributed by atoms with Gasteiger partial charge in [0, 0.05) is 5.69 Å². The predicted octanol–water partition coefficient (Wildman–Crippen LogP) is 3.22. The molecule has 0 aliphatic carbocycles. The van der Waals surface area contributed by atoms with Crippen molar-refractivity contribution in [1.82, 2.24) is 0 Å². The zero-order valence-corrected chi connectivity index (χ0v) is 17.8. The van der Waals surface area contributed by atoms with Gasteiger partial charge in [0.2, 0.25) is 5.75 Å². The molecule has 0 heterocycles. The van der Waals surface area contributed by atoms with Crippen LogP contribution in [0.1, 0.15) is 19.4 Å². The molecule has 1 atom stereocenters. The van der Waals surface area contributed by atoms with Gasteiger partial charge in [-0.25, -0.2) is 0 Å². The Bertz CT molecular complexity index is 839. The van der Waals surface area contributed by atoms with E-state index in [1.165, 1.54) is 28.3 Å². The van der Waals surface area contributed by atoms with Crippen LogP contribution in [0.4, 0.5) is 5.69 Å². The minimum Gasteiger partial charge on any atom is -0.494 e. The fourth-order valence-corrected chi connectivity index (χ4v) is 2.74. The Morgan fingerprint density at radius 2 is 1.57 bits per heavy atom. The Morgan fingerprint density at radius 3 is 2.07 bits per heavy atom. The molecule has 0 aliphatic rings. The fraction of sp³-hybridized carbons (Fsp3) is 0.364. The van der Waals surface area contributed by atoms with E-state index in [0.29, 0.717) is 40.9 Å². The molecule has 0 radical (unpaired) electrons. The number of benzene rings is 2. The van der Waals surface area contributed by atoms with E-state index in [-0.39, 0.29) is 6.42 Å². The van der Waals surface area contributed by atoms with Gasteiger partial charge in [0.15, 0.2) is 17.6 Å². The summed E-state index contributed by atoms with van der Waals surface area (Å²) in [5.41, 5.74) is 1.18. The Balaban J connectivity index is 1.97. The average Bonchev–Trinajstić information content (AvgIpc) is 2.74. The third-order valence-electron chi connectivity index (χ3n) is 4.18. The molecule has 0 saturated carbocycles. The van der Waals surface area contributed by atoms with Crippen molar-refractivity contribution in [2.45, 2.75) is 26.4 Å². The van der Waals surface area contributed by atoms with Crippen LogP contribution in [0.2, 0.25) is 0 Å². The first-order valence-electron chi connectivity index (χ1n) is 9.43. The van der Waals surface area contributed by atoms with E-state index < -0.39 is 18.0 Å². The molecule has 0 saturated heterocycles. The van der Waals surface area contributed by atoms with Crippen LogP contribution >= 0.6 is 0 Å². The summed E-state index contributed by atoms with van der Waals surface area (Å²) in [7, 11) is 4.48. The molecular formula is C22H27NO7. The van der Waals surface area contributed by atoms with Gasteiger partial charge in [-0.15, -0.1) is 0 Å². The van der Waals surface area contributed by atoms with Gasteiger partial charge < -0.3 is 29.0 Å². The van der Waals surface area contributed by atoms with Crippen LogP contribution in [-0.2, 0) is 20.7 Å². The van der Waals surface area contributed by atoms with Crippen molar-refractivity contribution in [1.29, 1.82) is 0 Å². The monoisotopic (exact) mass is 417 g/mol. The molecule has 1 N–H and O–H groups in total. The maximum atomic E-state index is 12.3. The molecule has 8 heteroatoms. The number of carbonyl (C=O) groups excluding carboxylic acids is 2. The first-order chi connectivity index (χ1) is 14.4. The molecule has 0 bridgehead atoms. The third-order valence-corrected chi connectivity index (χ3v) is 4.18. The molecule has 0 aliphatic heterocycles. The highest BCUT2D eigenvalue weighted by molar-refractivity contribution is 5.95.